The zero-order valence-electron chi connectivity index (χ0n) is 11.5. The minimum atomic E-state index is -0.382. The molecule has 5 heteroatoms. The number of hydrogen-bond donors (Lipinski definition) is 1. The number of esters is 1. The van der Waals surface area contributed by atoms with Gasteiger partial charge in [-0.3, -0.25) is 4.79 Å². The van der Waals surface area contributed by atoms with Gasteiger partial charge in [0.15, 0.2) is 5.76 Å². The number of furan rings is 1. The summed E-state index contributed by atoms with van der Waals surface area (Å²) in [6.07, 6.45) is 4.45. The van der Waals surface area contributed by atoms with E-state index in [2.05, 4.69) is 5.32 Å². The van der Waals surface area contributed by atoms with E-state index in [0.29, 0.717) is 12.3 Å². The summed E-state index contributed by atoms with van der Waals surface area (Å²) in [6.45, 7) is 2.10. The molecule has 1 N–H and O–H groups in total. The lowest BCUT2D eigenvalue weighted by molar-refractivity contribution is -0.137. The zero-order valence-corrected chi connectivity index (χ0v) is 11.5. The summed E-state index contributed by atoms with van der Waals surface area (Å²) in [5.41, 5.74) is 1.48. The van der Waals surface area contributed by atoms with E-state index < -0.39 is 0 Å². The maximum Gasteiger partial charge on any atom is 0.330 e. The number of hydrogen-bond acceptors (Lipinski definition) is 4. The lowest BCUT2D eigenvalue weighted by atomic mass is 10.2. The van der Waals surface area contributed by atoms with Crippen molar-refractivity contribution >= 4 is 23.6 Å². The van der Waals surface area contributed by atoms with Gasteiger partial charge < -0.3 is 14.5 Å². The molecule has 0 atom stereocenters. The zero-order chi connectivity index (χ0) is 15.1. The number of anilines is 1. The van der Waals surface area contributed by atoms with Gasteiger partial charge in [-0.25, -0.2) is 4.79 Å². The lowest BCUT2D eigenvalue weighted by Crippen LogP contribution is -2.10. The van der Waals surface area contributed by atoms with Crippen LogP contribution in [0.25, 0.3) is 6.08 Å². The molecule has 2 rings (SSSR count). The molecule has 0 unspecified atom stereocenters. The van der Waals surface area contributed by atoms with Crippen molar-refractivity contribution in [3.05, 3.63) is 60.1 Å². The number of amides is 1. The number of rotatable bonds is 5. The van der Waals surface area contributed by atoms with Crippen molar-refractivity contribution < 1.29 is 18.7 Å². The Hall–Kier alpha value is -2.82. The third-order valence-electron chi connectivity index (χ3n) is 2.61. The summed E-state index contributed by atoms with van der Waals surface area (Å²) < 4.78 is 9.79. The molecule has 1 aromatic carbocycles. The van der Waals surface area contributed by atoms with Crippen molar-refractivity contribution in [3.8, 4) is 0 Å². The summed E-state index contributed by atoms with van der Waals surface area (Å²) in [5.74, 6) is -0.441. The van der Waals surface area contributed by atoms with Crippen molar-refractivity contribution in [1.29, 1.82) is 0 Å². The summed E-state index contributed by atoms with van der Waals surface area (Å²) in [6, 6.07) is 10.3. The Morgan fingerprint density at radius 2 is 2.00 bits per heavy atom. The molecule has 0 spiro atoms. The van der Waals surface area contributed by atoms with Gasteiger partial charge in [-0.05, 0) is 42.8 Å². The van der Waals surface area contributed by atoms with Gasteiger partial charge in [-0.15, -0.1) is 0 Å². The predicted octanol–water partition coefficient (Wildman–Crippen LogP) is 3.11. The van der Waals surface area contributed by atoms with Crippen LogP contribution in [-0.4, -0.2) is 18.5 Å². The van der Waals surface area contributed by atoms with Crippen LogP contribution in [0.4, 0.5) is 5.69 Å². The molecule has 1 amide bonds. The monoisotopic (exact) mass is 285 g/mol. The van der Waals surface area contributed by atoms with Crippen LogP contribution in [-0.2, 0) is 9.53 Å². The molecule has 0 fully saturated rings. The molecule has 108 valence electrons. The van der Waals surface area contributed by atoms with E-state index in [1.165, 1.54) is 12.3 Å². The maximum absolute atomic E-state index is 11.8. The molecule has 0 aliphatic carbocycles. The summed E-state index contributed by atoms with van der Waals surface area (Å²) in [5, 5.41) is 2.71. The standard InChI is InChI=1S/C16H15NO4/c1-2-20-15(18)10-7-12-5-8-13(9-6-12)17-16(19)14-4-3-11-21-14/h3-11H,2H2,1H3,(H,17,19). The first kappa shape index (κ1) is 14.6. The van der Waals surface area contributed by atoms with Gasteiger partial charge >= 0.3 is 5.97 Å². The Kier molecular flexibility index (Phi) is 4.93. The van der Waals surface area contributed by atoms with Crippen LogP contribution < -0.4 is 5.32 Å². The van der Waals surface area contributed by atoms with Gasteiger partial charge in [0.05, 0.1) is 12.9 Å². The first-order chi connectivity index (χ1) is 10.2. The lowest BCUT2D eigenvalue weighted by Gasteiger charge is -2.03. The quantitative estimate of drug-likeness (QED) is 0.677. The van der Waals surface area contributed by atoms with Crippen molar-refractivity contribution in [1.82, 2.24) is 0 Å². The van der Waals surface area contributed by atoms with E-state index >= 15 is 0 Å². The molecule has 0 saturated carbocycles. The number of carbonyl (C=O) groups is 2. The fourth-order valence-corrected chi connectivity index (χ4v) is 1.63. The van der Waals surface area contributed by atoms with Crippen LogP contribution >= 0.6 is 0 Å². The fraction of sp³-hybridized carbons (Fsp3) is 0.125. The molecule has 0 aliphatic heterocycles. The third kappa shape index (κ3) is 4.35. The highest BCUT2D eigenvalue weighted by Crippen LogP contribution is 2.12. The molecule has 0 aliphatic rings. The maximum atomic E-state index is 11.8. The summed E-state index contributed by atoms with van der Waals surface area (Å²) in [7, 11) is 0. The van der Waals surface area contributed by atoms with Gasteiger partial charge in [-0.1, -0.05) is 12.1 Å². The Morgan fingerprint density at radius 1 is 1.24 bits per heavy atom. The van der Waals surface area contributed by atoms with Crippen LogP contribution in [0.3, 0.4) is 0 Å². The van der Waals surface area contributed by atoms with Crippen molar-refractivity contribution in [3.63, 3.8) is 0 Å². The Balaban J connectivity index is 1.96. The second-order valence-corrected chi connectivity index (χ2v) is 4.14. The van der Waals surface area contributed by atoms with Gasteiger partial charge in [-0.2, -0.15) is 0 Å². The molecular formula is C16H15NO4. The van der Waals surface area contributed by atoms with Crippen LogP contribution in [0, 0.1) is 0 Å². The first-order valence-corrected chi connectivity index (χ1v) is 6.49. The number of ether oxygens (including phenoxy) is 1. The molecule has 1 heterocycles. The van der Waals surface area contributed by atoms with Gasteiger partial charge in [0.1, 0.15) is 0 Å². The third-order valence-corrected chi connectivity index (χ3v) is 2.61. The SMILES string of the molecule is CCOC(=O)C=Cc1ccc(NC(=O)c2ccco2)cc1. The van der Waals surface area contributed by atoms with Crippen LogP contribution in [0.5, 0.6) is 0 Å². The topological polar surface area (TPSA) is 68.5 Å². The van der Waals surface area contributed by atoms with Crippen LogP contribution in [0.1, 0.15) is 23.0 Å². The Bertz CT molecular complexity index is 627. The molecule has 0 saturated heterocycles. The van der Waals surface area contributed by atoms with Gasteiger partial charge in [0, 0.05) is 11.8 Å². The molecule has 5 nitrogen and oxygen atoms in total. The Labute approximate surface area is 122 Å². The second kappa shape index (κ2) is 7.09. The average molecular weight is 285 g/mol. The molecule has 0 radical (unpaired) electrons. The summed E-state index contributed by atoms with van der Waals surface area (Å²) >= 11 is 0. The van der Waals surface area contributed by atoms with Gasteiger partial charge in [0.25, 0.3) is 5.91 Å². The molecule has 1 aromatic heterocycles. The molecule has 0 bridgehead atoms. The van der Waals surface area contributed by atoms with E-state index in [1.54, 1.807) is 49.4 Å². The summed E-state index contributed by atoms with van der Waals surface area (Å²) in [4.78, 5) is 23.0. The van der Waals surface area contributed by atoms with E-state index in [0.717, 1.165) is 5.56 Å². The molecule has 21 heavy (non-hydrogen) atoms. The van der Waals surface area contributed by atoms with E-state index in [9.17, 15) is 9.59 Å². The first-order valence-electron chi connectivity index (χ1n) is 6.49. The predicted molar refractivity (Wildman–Crippen MR) is 78.8 cm³/mol. The highest BCUT2D eigenvalue weighted by Gasteiger charge is 2.07. The van der Waals surface area contributed by atoms with Crippen molar-refractivity contribution in [2.75, 3.05) is 11.9 Å². The van der Waals surface area contributed by atoms with Crippen LogP contribution in [0.2, 0.25) is 0 Å². The minimum Gasteiger partial charge on any atom is -0.463 e. The van der Waals surface area contributed by atoms with E-state index in [4.69, 9.17) is 9.15 Å². The van der Waals surface area contributed by atoms with E-state index in [1.807, 2.05) is 0 Å². The largest absolute Gasteiger partial charge is 0.463 e. The van der Waals surface area contributed by atoms with Crippen molar-refractivity contribution in [2.45, 2.75) is 6.92 Å². The average Bonchev–Trinajstić information content (AvgIpc) is 3.01. The van der Waals surface area contributed by atoms with Gasteiger partial charge in [0.2, 0.25) is 0 Å². The van der Waals surface area contributed by atoms with Crippen LogP contribution in [0.15, 0.2) is 53.2 Å². The number of benzene rings is 1. The molecule has 2 aromatic rings. The number of carbonyl (C=O) groups excluding carboxylic acids is 2. The minimum absolute atomic E-state index is 0.251. The van der Waals surface area contributed by atoms with E-state index in [-0.39, 0.29) is 17.6 Å². The van der Waals surface area contributed by atoms with Crippen molar-refractivity contribution in [2.24, 2.45) is 0 Å². The second-order valence-electron chi connectivity index (χ2n) is 4.14. The fourth-order valence-electron chi connectivity index (χ4n) is 1.63. The highest BCUT2D eigenvalue weighted by atomic mass is 16.5. The smallest absolute Gasteiger partial charge is 0.330 e. The Morgan fingerprint density at radius 3 is 2.62 bits per heavy atom. The number of nitrogens with one attached hydrogen (secondary N) is 1. The molecular weight excluding hydrogens is 270 g/mol. The normalized spacial score (nSPS) is 10.5. The highest BCUT2D eigenvalue weighted by molar-refractivity contribution is 6.02.